The summed E-state index contributed by atoms with van der Waals surface area (Å²) in [6.07, 6.45) is 3.50. The minimum atomic E-state index is -0.113. The first-order chi connectivity index (χ1) is 12.8. The Kier molecular flexibility index (Phi) is 4.77. The summed E-state index contributed by atoms with van der Waals surface area (Å²) in [6.45, 7) is 1.11. The average molecular weight is 354 g/mol. The van der Waals surface area contributed by atoms with Gasteiger partial charge in [-0.1, -0.05) is 12.1 Å². The average Bonchev–Trinajstić information content (AvgIpc) is 3.05. The molecule has 1 aliphatic rings. The standard InChI is InChI=1S/C18H22N6O2/c1-26-7-6-24-16(10-25)22-23-18(24)12-8-13(9-12)21-17-14-4-2-3-5-15(14)19-11-20-17/h2-5,11-13,25H,6-10H2,1H3,(H,19,20,21). The van der Waals surface area contributed by atoms with Crippen LogP contribution in [0.4, 0.5) is 5.82 Å². The van der Waals surface area contributed by atoms with Gasteiger partial charge in [0.25, 0.3) is 0 Å². The summed E-state index contributed by atoms with van der Waals surface area (Å²) in [5.41, 5.74) is 0.938. The lowest BCUT2D eigenvalue weighted by Crippen LogP contribution is -2.36. The highest BCUT2D eigenvalue weighted by molar-refractivity contribution is 5.88. The molecule has 2 heterocycles. The van der Waals surface area contributed by atoms with Crippen LogP contribution in [-0.2, 0) is 17.9 Å². The number of aliphatic hydroxyl groups is 1. The molecule has 0 spiro atoms. The first-order valence-corrected chi connectivity index (χ1v) is 8.78. The van der Waals surface area contributed by atoms with Crippen molar-refractivity contribution in [3.63, 3.8) is 0 Å². The fourth-order valence-corrected chi connectivity index (χ4v) is 3.45. The lowest BCUT2D eigenvalue weighted by molar-refractivity contribution is 0.179. The van der Waals surface area contributed by atoms with Gasteiger partial charge in [0.15, 0.2) is 5.82 Å². The zero-order valence-corrected chi connectivity index (χ0v) is 14.7. The van der Waals surface area contributed by atoms with Gasteiger partial charge in [0.05, 0.1) is 12.1 Å². The van der Waals surface area contributed by atoms with Crippen molar-refractivity contribution in [2.45, 2.75) is 38.0 Å². The Morgan fingerprint density at radius 1 is 1.23 bits per heavy atom. The molecule has 0 atom stereocenters. The molecule has 0 unspecified atom stereocenters. The first-order valence-electron chi connectivity index (χ1n) is 8.78. The summed E-state index contributed by atoms with van der Waals surface area (Å²) in [5, 5.41) is 22.4. The molecule has 1 aromatic carbocycles. The molecule has 2 aromatic heterocycles. The molecule has 8 nitrogen and oxygen atoms in total. The van der Waals surface area contributed by atoms with Gasteiger partial charge in [0.1, 0.15) is 24.6 Å². The lowest BCUT2D eigenvalue weighted by Gasteiger charge is -2.35. The Labute approximate surface area is 151 Å². The summed E-state index contributed by atoms with van der Waals surface area (Å²) in [7, 11) is 1.66. The maximum Gasteiger partial charge on any atom is 0.158 e. The van der Waals surface area contributed by atoms with E-state index in [1.54, 1.807) is 13.4 Å². The van der Waals surface area contributed by atoms with Crippen LogP contribution in [0.15, 0.2) is 30.6 Å². The number of para-hydroxylation sites is 1. The molecule has 8 heteroatoms. The maximum atomic E-state index is 9.46. The van der Waals surface area contributed by atoms with E-state index in [-0.39, 0.29) is 6.61 Å². The van der Waals surface area contributed by atoms with Crippen molar-refractivity contribution < 1.29 is 9.84 Å². The summed E-state index contributed by atoms with van der Waals surface area (Å²) in [6, 6.07) is 8.33. The van der Waals surface area contributed by atoms with E-state index < -0.39 is 0 Å². The van der Waals surface area contributed by atoms with Crippen LogP contribution in [0, 0.1) is 0 Å². The van der Waals surface area contributed by atoms with E-state index in [9.17, 15) is 5.11 Å². The van der Waals surface area contributed by atoms with E-state index in [0.717, 1.165) is 35.4 Å². The molecular weight excluding hydrogens is 332 g/mol. The molecule has 1 fully saturated rings. The molecule has 26 heavy (non-hydrogen) atoms. The fourth-order valence-electron chi connectivity index (χ4n) is 3.45. The van der Waals surface area contributed by atoms with Crippen LogP contribution in [0.1, 0.15) is 30.4 Å². The van der Waals surface area contributed by atoms with E-state index in [2.05, 4.69) is 25.5 Å². The van der Waals surface area contributed by atoms with Gasteiger partial charge in [-0.2, -0.15) is 0 Å². The van der Waals surface area contributed by atoms with Gasteiger partial charge < -0.3 is 19.7 Å². The zero-order chi connectivity index (χ0) is 17.9. The minimum Gasteiger partial charge on any atom is -0.388 e. The number of fused-ring (bicyclic) bond motifs is 1. The molecule has 0 amide bonds. The van der Waals surface area contributed by atoms with Crippen molar-refractivity contribution in [1.29, 1.82) is 0 Å². The second-order valence-electron chi connectivity index (χ2n) is 6.53. The predicted octanol–water partition coefficient (Wildman–Crippen LogP) is 1.72. The number of aromatic nitrogens is 5. The largest absolute Gasteiger partial charge is 0.388 e. The molecule has 3 aromatic rings. The SMILES string of the molecule is COCCn1c(CO)nnc1C1CC(Nc2ncnc3ccccc23)C1. The van der Waals surface area contributed by atoms with Crippen LogP contribution in [-0.4, -0.2) is 49.6 Å². The Hall–Kier alpha value is -2.58. The van der Waals surface area contributed by atoms with Gasteiger partial charge in [0.2, 0.25) is 0 Å². The second kappa shape index (κ2) is 7.35. The predicted molar refractivity (Wildman–Crippen MR) is 96.7 cm³/mol. The Morgan fingerprint density at radius 3 is 2.88 bits per heavy atom. The van der Waals surface area contributed by atoms with Crippen molar-refractivity contribution in [3.05, 3.63) is 42.2 Å². The Bertz CT molecular complexity index is 885. The van der Waals surface area contributed by atoms with Crippen LogP contribution in [0.5, 0.6) is 0 Å². The molecule has 136 valence electrons. The molecule has 4 rings (SSSR count). The number of benzene rings is 1. The molecule has 1 saturated carbocycles. The van der Waals surface area contributed by atoms with Crippen molar-refractivity contribution in [2.24, 2.45) is 0 Å². The van der Waals surface area contributed by atoms with Gasteiger partial charge in [-0.05, 0) is 25.0 Å². The fraction of sp³-hybridized carbons (Fsp3) is 0.444. The maximum absolute atomic E-state index is 9.46. The van der Waals surface area contributed by atoms with E-state index in [1.807, 2.05) is 28.8 Å². The Morgan fingerprint density at radius 2 is 2.08 bits per heavy atom. The molecule has 2 N–H and O–H groups in total. The highest BCUT2D eigenvalue weighted by Crippen LogP contribution is 2.38. The van der Waals surface area contributed by atoms with Gasteiger partial charge in [-0.3, -0.25) is 0 Å². The number of nitrogens with zero attached hydrogens (tertiary/aromatic N) is 5. The number of methoxy groups -OCH3 is 1. The monoisotopic (exact) mass is 354 g/mol. The summed E-state index contributed by atoms with van der Waals surface area (Å²) >= 11 is 0. The van der Waals surface area contributed by atoms with E-state index in [1.165, 1.54) is 0 Å². The van der Waals surface area contributed by atoms with Crippen LogP contribution >= 0.6 is 0 Å². The van der Waals surface area contributed by atoms with Gasteiger partial charge >= 0.3 is 0 Å². The van der Waals surface area contributed by atoms with Crippen molar-refractivity contribution in [2.75, 3.05) is 19.0 Å². The minimum absolute atomic E-state index is 0.113. The van der Waals surface area contributed by atoms with Crippen LogP contribution in [0.3, 0.4) is 0 Å². The molecule has 0 bridgehead atoms. The van der Waals surface area contributed by atoms with Gasteiger partial charge in [0, 0.05) is 31.0 Å². The molecule has 0 aliphatic heterocycles. The normalized spacial score (nSPS) is 19.5. The van der Waals surface area contributed by atoms with Crippen LogP contribution in [0.2, 0.25) is 0 Å². The lowest BCUT2D eigenvalue weighted by atomic mass is 9.79. The third kappa shape index (κ3) is 3.13. The van der Waals surface area contributed by atoms with E-state index in [4.69, 9.17) is 4.74 Å². The molecular formula is C18H22N6O2. The number of hydrogen-bond donors (Lipinski definition) is 2. The van der Waals surface area contributed by atoms with Gasteiger partial charge in [-0.25, -0.2) is 9.97 Å². The van der Waals surface area contributed by atoms with Crippen LogP contribution < -0.4 is 5.32 Å². The highest BCUT2D eigenvalue weighted by Gasteiger charge is 2.34. The smallest absolute Gasteiger partial charge is 0.158 e. The number of aliphatic hydroxyl groups excluding tert-OH is 1. The molecule has 1 aliphatic carbocycles. The summed E-state index contributed by atoms with van der Waals surface area (Å²) < 4.78 is 7.13. The number of nitrogens with one attached hydrogen (secondary N) is 1. The number of rotatable bonds is 7. The van der Waals surface area contributed by atoms with Crippen molar-refractivity contribution in [3.8, 4) is 0 Å². The van der Waals surface area contributed by atoms with E-state index >= 15 is 0 Å². The van der Waals surface area contributed by atoms with Crippen molar-refractivity contribution >= 4 is 16.7 Å². The quantitative estimate of drug-likeness (QED) is 0.666. The second-order valence-corrected chi connectivity index (χ2v) is 6.53. The highest BCUT2D eigenvalue weighted by atomic mass is 16.5. The topological polar surface area (TPSA) is 98.0 Å². The summed E-state index contributed by atoms with van der Waals surface area (Å²) in [4.78, 5) is 8.70. The van der Waals surface area contributed by atoms with Crippen molar-refractivity contribution in [1.82, 2.24) is 24.7 Å². The van der Waals surface area contributed by atoms with E-state index in [0.29, 0.717) is 30.9 Å². The number of hydrogen-bond acceptors (Lipinski definition) is 7. The Balaban J connectivity index is 1.45. The zero-order valence-electron chi connectivity index (χ0n) is 14.7. The summed E-state index contributed by atoms with van der Waals surface area (Å²) in [5.74, 6) is 2.72. The third-order valence-electron chi connectivity index (χ3n) is 4.90. The first kappa shape index (κ1) is 16.9. The number of ether oxygens (including phenoxy) is 1. The molecule has 0 saturated heterocycles. The van der Waals surface area contributed by atoms with Crippen LogP contribution in [0.25, 0.3) is 10.9 Å². The number of anilines is 1. The molecule has 0 radical (unpaired) electrons. The third-order valence-corrected chi connectivity index (χ3v) is 4.90. The van der Waals surface area contributed by atoms with Gasteiger partial charge in [-0.15, -0.1) is 10.2 Å².